The molecule has 1 aliphatic carbocycles. The van der Waals surface area contributed by atoms with E-state index in [4.69, 9.17) is 4.74 Å². The Labute approximate surface area is 117 Å². The summed E-state index contributed by atoms with van der Waals surface area (Å²) >= 11 is 0. The normalized spacial score (nSPS) is 25.7. The fraction of sp³-hybridized carbons (Fsp3) is 0.933. The third-order valence-electron chi connectivity index (χ3n) is 3.58. The van der Waals surface area contributed by atoms with Gasteiger partial charge in [0.05, 0.1) is 0 Å². The number of ether oxygens (including phenoxy) is 1. The van der Waals surface area contributed by atoms with Crippen LogP contribution >= 0.6 is 0 Å². The second-order valence-corrected chi connectivity index (χ2v) is 6.67. The van der Waals surface area contributed by atoms with E-state index in [9.17, 15) is 4.79 Å². The van der Waals surface area contributed by atoms with Crippen LogP contribution in [0.1, 0.15) is 66.7 Å². The van der Waals surface area contributed by atoms with Gasteiger partial charge in [-0.15, -0.1) is 0 Å². The first-order valence-electron chi connectivity index (χ1n) is 7.55. The predicted octanol–water partition coefficient (Wildman–Crippen LogP) is 3.21. The lowest BCUT2D eigenvalue weighted by Gasteiger charge is -2.32. The molecular weight excluding hydrogens is 240 g/mol. The summed E-state index contributed by atoms with van der Waals surface area (Å²) in [6.45, 7) is 10.1. The number of rotatable bonds is 4. The van der Waals surface area contributed by atoms with Gasteiger partial charge in [-0.2, -0.15) is 0 Å². The van der Waals surface area contributed by atoms with Crippen molar-refractivity contribution >= 4 is 6.09 Å². The first-order valence-corrected chi connectivity index (χ1v) is 7.55. The number of hydrogen-bond acceptors (Lipinski definition) is 3. The molecule has 0 aromatic carbocycles. The topological polar surface area (TPSA) is 50.4 Å². The highest BCUT2D eigenvalue weighted by Crippen LogP contribution is 2.20. The molecule has 0 aliphatic heterocycles. The molecule has 112 valence electrons. The van der Waals surface area contributed by atoms with Gasteiger partial charge in [0.15, 0.2) is 0 Å². The molecule has 4 heteroatoms. The van der Waals surface area contributed by atoms with E-state index in [-0.39, 0.29) is 12.1 Å². The van der Waals surface area contributed by atoms with Crippen molar-refractivity contribution in [2.45, 2.75) is 90.4 Å². The molecule has 0 aromatic rings. The van der Waals surface area contributed by atoms with E-state index in [2.05, 4.69) is 24.5 Å². The second kappa shape index (κ2) is 7.13. The maximum Gasteiger partial charge on any atom is 0.407 e. The highest BCUT2D eigenvalue weighted by atomic mass is 16.6. The number of carbonyl (C=O) groups is 1. The van der Waals surface area contributed by atoms with Crippen molar-refractivity contribution < 1.29 is 9.53 Å². The Morgan fingerprint density at radius 1 is 1.21 bits per heavy atom. The summed E-state index contributed by atoms with van der Waals surface area (Å²) in [5.74, 6) is 0. The number of amides is 1. The lowest BCUT2D eigenvalue weighted by atomic mass is 9.90. The van der Waals surface area contributed by atoms with E-state index < -0.39 is 5.60 Å². The van der Waals surface area contributed by atoms with Crippen molar-refractivity contribution in [3.8, 4) is 0 Å². The summed E-state index contributed by atoms with van der Waals surface area (Å²) in [5, 5.41) is 6.61. The minimum absolute atomic E-state index is 0.268. The molecule has 0 bridgehead atoms. The molecule has 1 atom stereocenters. The Hall–Kier alpha value is -0.770. The molecule has 0 heterocycles. The predicted molar refractivity (Wildman–Crippen MR) is 78.3 cm³/mol. The molecule has 1 saturated carbocycles. The number of hydrogen-bond donors (Lipinski definition) is 2. The highest BCUT2D eigenvalue weighted by molar-refractivity contribution is 5.68. The summed E-state index contributed by atoms with van der Waals surface area (Å²) in [6, 6.07) is 1.46. The quantitative estimate of drug-likeness (QED) is 0.824. The SMILES string of the molecule is CCC(C)NC1CCC(NC(=O)OC(C)(C)C)CC1. The van der Waals surface area contributed by atoms with Gasteiger partial charge in [0, 0.05) is 18.1 Å². The fourth-order valence-electron chi connectivity index (χ4n) is 2.40. The molecule has 0 spiro atoms. The van der Waals surface area contributed by atoms with E-state index in [1.807, 2.05) is 20.8 Å². The molecular formula is C15H30N2O2. The zero-order chi connectivity index (χ0) is 14.5. The summed E-state index contributed by atoms with van der Waals surface area (Å²) in [4.78, 5) is 11.7. The highest BCUT2D eigenvalue weighted by Gasteiger charge is 2.24. The Morgan fingerprint density at radius 3 is 2.21 bits per heavy atom. The second-order valence-electron chi connectivity index (χ2n) is 6.67. The molecule has 19 heavy (non-hydrogen) atoms. The van der Waals surface area contributed by atoms with Crippen LogP contribution in [0.5, 0.6) is 0 Å². The molecule has 1 aliphatic rings. The van der Waals surface area contributed by atoms with Crippen molar-refractivity contribution in [3.63, 3.8) is 0 Å². The maximum atomic E-state index is 11.7. The smallest absolute Gasteiger partial charge is 0.407 e. The van der Waals surface area contributed by atoms with Gasteiger partial charge in [0.1, 0.15) is 5.60 Å². The van der Waals surface area contributed by atoms with Crippen molar-refractivity contribution in [1.29, 1.82) is 0 Å². The monoisotopic (exact) mass is 270 g/mol. The Balaban J connectivity index is 2.25. The van der Waals surface area contributed by atoms with Gasteiger partial charge in [-0.1, -0.05) is 6.92 Å². The first-order chi connectivity index (χ1) is 8.80. The third kappa shape index (κ3) is 6.81. The molecule has 0 saturated heterocycles. The van der Waals surface area contributed by atoms with Crippen molar-refractivity contribution in [2.24, 2.45) is 0 Å². The molecule has 4 nitrogen and oxygen atoms in total. The molecule has 0 radical (unpaired) electrons. The van der Waals surface area contributed by atoms with Crippen LogP contribution in [0.25, 0.3) is 0 Å². The Kier molecular flexibility index (Phi) is 6.11. The first kappa shape index (κ1) is 16.3. The summed E-state index contributed by atoms with van der Waals surface area (Å²) in [7, 11) is 0. The minimum Gasteiger partial charge on any atom is -0.444 e. The number of carbonyl (C=O) groups excluding carboxylic acids is 1. The van der Waals surface area contributed by atoms with Crippen LogP contribution in [0, 0.1) is 0 Å². The fourth-order valence-corrected chi connectivity index (χ4v) is 2.40. The van der Waals surface area contributed by atoms with Gasteiger partial charge in [-0.3, -0.25) is 0 Å². The Morgan fingerprint density at radius 2 is 1.74 bits per heavy atom. The minimum atomic E-state index is -0.417. The zero-order valence-electron chi connectivity index (χ0n) is 13.1. The van der Waals surface area contributed by atoms with Gasteiger partial charge < -0.3 is 15.4 Å². The van der Waals surface area contributed by atoms with Gasteiger partial charge in [-0.25, -0.2) is 4.79 Å². The van der Waals surface area contributed by atoms with Crippen LogP contribution < -0.4 is 10.6 Å². The maximum absolute atomic E-state index is 11.7. The zero-order valence-corrected chi connectivity index (χ0v) is 13.1. The summed E-state index contributed by atoms with van der Waals surface area (Å²) in [5.41, 5.74) is -0.417. The Bertz CT molecular complexity index is 278. The van der Waals surface area contributed by atoms with E-state index in [1.165, 1.54) is 0 Å². The third-order valence-corrected chi connectivity index (χ3v) is 3.58. The molecule has 1 unspecified atom stereocenters. The molecule has 2 N–H and O–H groups in total. The average molecular weight is 270 g/mol. The standard InChI is InChI=1S/C15H30N2O2/c1-6-11(2)16-12-7-9-13(10-8-12)17-14(18)19-15(3,4)5/h11-13,16H,6-10H2,1-5H3,(H,17,18). The average Bonchev–Trinajstić information content (AvgIpc) is 2.29. The van der Waals surface area contributed by atoms with Crippen molar-refractivity contribution in [1.82, 2.24) is 10.6 Å². The van der Waals surface area contributed by atoms with Crippen LogP contribution in [-0.4, -0.2) is 29.8 Å². The molecule has 1 fully saturated rings. The van der Waals surface area contributed by atoms with E-state index in [1.54, 1.807) is 0 Å². The van der Waals surface area contributed by atoms with Gasteiger partial charge in [0.25, 0.3) is 0 Å². The van der Waals surface area contributed by atoms with Crippen molar-refractivity contribution in [2.75, 3.05) is 0 Å². The number of nitrogens with one attached hydrogen (secondary N) is 2. The summed E-state index contributed by atoms with van der Waals surface area (Å²) < 4.78 is 5.28. The molecule has 1 amide bonds. The molecule has 0 aromatic heterocycles. The van der Waals surface area contributed by atoms with Gasteiger partial charge in [0.2, 0.25) is 0 Å². The van der Waals surface area contributed by atoms with Gasteiger partial charge >= 0.3 is 6.09 Å². The van der Waals surface area contributed by atoms with E-state index >= 15 is 0 Å². The van der Waals surface area contributed by atoms with Crippen LogP contribution in [-0.2, 0) is 4.74 Å². The molecule has 1 rings (SSSR count). The van der Waals surface area contributed by atoms with Crippen LogP contribution in [0.4, 0.5) is 4.79 Å². The van der Waals surface area contributed by atoms with Crippen LogP contribution in [0.15, 0.2) is 0 Å². The number of alkyl carbamates (subject to hydrolysis) is 1. The lowest BCUT2D eigenvalue weighted by Crippen LogP contribution is -2.45. The van der Waals surface area contributed by atoms with E-state index in [0.29, 0.717) is 12.1 Å². The van der Waals surface area contributed by atoms with E-state index in [0.717, 1.165) is 32.1 Å². The van der Waals surface area contributed by atoms with Crippen LogP contribution in [0.2, 0.25) is 0 Å². The summed E-state index contributed by atoms with van der Waals surface area (Å²) in [6.07, 6.45) is 5.21. The van der Waals surface area contributed by atoms with Crippen molar-refractivity contribution in [3.05, 3.63) is 0 Å². The largest absolute Gasteiger partial charge is 0.444 e. The van der Waals surface area contributed by atoms with Crippen LogP contribution in [0.3, 0.4) is 0 Å². The van der Waals surface area contributed by atoms with Gasteiger partial charge in [-0.05, 0) is 59.8 Å². The lowest BCUT2D eigenvalue weighted by molar-refractivity contribution is 0.0489.